The molecule has 3 aromatic rings. The maximum atomic E-state index is 11.0. The fraction of sp³-hybridized carbons (Fsp3) is 0.150. The van der Waals surface area contributed by atoms with Gasteiger partial charge in [-0.05, 0) is 29.8 Å². The van der Waals surface area contributed by atoms with Crippen molar-refractivity contribution >= 4 is 12.1 Å². The van der Waals surface area contributed by atoms with Gasteiger partial charge < -0.3 is 4.74 Å². The normalized spacial score (nSPS) is 10.8. The van der Waals surface area contributed by atoms with Crippen LogP contribution < -0.4 is 10.2 Å². The van der Waals surface area contributed by atoms with Crippen molar-refractivity contribution in [1.29, 1.82) is 0 Å². The van der Waals surface area contributed by atoms with Crippen LogP contribution in [-0.4, -0.2) is 29.0 Å². The van der Waals surface area contributed by atoms with Crippen molar-refractivity contribution in [2.45, 2.75) is 13.5 Å². The van der Waals surface area contributed by atoms with Gasteiger partial charge in [-0.2, -0.15) is 10.2 Å². The molecular formula is C20H20N4O2. The molecule has 1 amide bonds. The summed E-state index contributed by atoms with van der Waals surface area (Å²) in [5, 5.41) is 8.68. The Kier molecular flexibility index (Phi) is 5.43. The molecule has 0 aliphatic carbocycles. The average Bonchev–Trinajstić information content (AvgIpc) is 3.05. The predicted octanol–water partition coefficient (Wildman–Crippen LogP) is 3.08. The zero-order valence-corrected chi connectivity index (χ0v) is 14.7. The minimum Gasteiger partial charge on any atom is -0.497 e. The molecule has 6 heteroatoms. The molecule has 3 rings (SSSR count). The first-order chi connectivity index (χ1) is 12.7. The molecule has 0 fully saturated rings. The van der Waals surface area contributed by atoms with E-state index >= 15 is 0 Å². The number of hydrogen-bond acceptors (Lipinski definition) is 4. The highest BCUT2D eigenvalue weighted by Gasteiger charge is 2.11. The minimum absolute atomic E-state index is 0.219. The number of hydrogen-bond donors (Lipinski definition) is 1. The third-order valence-electron chi connectivity index (χ3n) is 3.77. The van der Waals surface area contributed by atoms with Gasteiger partial charge in [0.05, 0.1) is 19.9 Å². The first kappa shape index (κ1) is 17.4. The number of benzene rings is 2. The molecule has 0 saturated carbocycles. The van der Waals surface area contributed by atoms with Crippen molar-refractivity contribution in [3.8, 4) is 17.0 Å². The number of nitrogens with zero attached hydrogens (tertiary/aromatic N) is 3. The van der Waals surface area contributed by atoms with E-state index in [4.69, 9.17) is 9.84 Å². The SMILES string of the molecule is COc1ccc(-c2nn(Cc3ccccc3)cc2/C=N\NC(C)=O)cc1. The zero-order chi connectivity index (χ0) is 18.4. The number of carbonyl (C=O) groups excluding carboxylic acids is 1. The van der Waals surface area contributed by atoms with Crippen LogP contribution in [0.4, 0.5) is 0 Å². The van der Waals surface area contributed by atoms with Gasteiger partial charge in [0.1, 0.15) is 11.4 Å². The number of aromatic nitrogens is 2. The fourth-order valence-electron chi connectivity index (χ4n) is 2.55. The topological polar surface area (TPSA) is 68.5 Å². The van der Waals surface area contributed by atoms with Crippen LogP contribution in [0, 0.1) is 0 Å². The number of nitrogens with one attached hydrogen (secondary N) is 1. The molecule has 1 aromatic heterocycles. The van der Waals surface area contributed by atoms with E-state index in [0.717, 1.165) is 28.1 Å². The standard InChI is InChI=1S/C20H20N4O2/c1-15(25)22-21-12-18-14-24(13-16-6-4-3-5-7-16)23-20(18)17-8-10-19(26-2)11-9-17/h3-12,14H,13H2,1-2H3,(H,22,25)/b21-12-. The quantitative estimate of drug-likeness (QED) is 0.550. The highest BCUT2D eigenvalue weighted by atomic mass is 16.5. The predicted molar refractivity (Wildman–Crippen MR) is 101 cm³/mol. The van der Waals surface area contributed by atoms with Gasteiger partial charge in [-0.3, -0.25) is 9.48 Å². The third kappa shape index (κ3) is 4.36. The number of amides is 1. The molecule has 2 aromatic carbocycles. The van der Waals surface area contributed by atoms with Gasteiger partial charge in [-0.15, -0.1) is 0 Å². The second-order valence-electron chi connectivity index (χ2n) is 5.77. The number of rotatable bonds is 6. The van der Waals surface area contributed by atoms with Crippen molar-refractivity contribution in [2.75, 3.05) is 7.11 Å². The highest BCUT2D eigenvalue weighted by Crippen LogP contribution is 2.24. The summed E-state index contributed by atoms with van der Waals surface area (Å²) in [4.78, 5) is 11.0. The molecule has 0 atom stereocenters. The van der Waals surface area contributed by atoms with Crippen LogP contribution >= 0.6 is 0 Å². The van der Waals surface area contributed by atoms with Gasteiger partial charge in [0.25, 0.3) is 0 Å². The Bertz CT molecular complexity index is 899. The van der Waals surface area contributed by atoms with E-state index in [-0.39, 0.29) is 5.91 Å². The van der Waals surface area contributed by atoms with E-state index in [0.29, 0.717) is 6.54 Å². The van der Waals surface area contributed by atoms with Crippen LogP contribution in [0.25, 0.3) is 11.3 Å². The molecule has 0 saturated heterocycles. The fourth-order valence-corrected chi connectivity index (χ4v) is 2.55. The number of carbonyl (C=O) groups is 1. The maximum Gasteiger partial charge on any atom is 0.236 e. The summed E-state index contributed by atoms with van der Waals surface area (Å²) < 4.78 is 7.08. The Morgan fingerprint density at radius 3 is 2.58 bits per heavy atom. The minimum atomic E-state index is -0.219. The summed E-state index contributed by atoms with van der Waals surface area (Å²) in [5.41, 5.74) is 6.13. The van der Waals surface area contributed by atoms with Gasteiger partial charge in [0.15, 0.2) is 0 Å². The lowest BCUT2D eigenvalue weighted by atomic mass is 10.1. The Morgan fingerprint density at radius 1 is 1.19 bits per heavy atom. The van der Waals surface area contributed by atoms with Crippen LogP contribution in [0.3, 0.4) is 0 Å². The second kappa shape index (κ2) is 8.11. The molecule has 1 heterocycles. The van der Waals surface area contributed by atoms with Crippen LogP contribution in [-0.2, 0) is 11.3 Å². The first-order valence-corrected chi connectivity index (χ1v) is 8.21. The zero-order valence-electron chi connectivity index (χ0n) is 14.7. The van der Waals surface area contributed by atoms with Crippen LogP contribution in [0.2, 0.25) is 0 Å². The van der Waals surface area contributed by atoms with Crippen LogP contribution in [0.1, 0.15) is 18.1 Å². The van der Waals surface area contributed by atoms with Crippen molar-refractivity contribution in [2.24, 2.45) is 5.10 Å². The summed E-state index contributed by atoms with van der Waals surface area (Å²) in [6.45, 7) is 2.07. The van der Waals surface area contributed by atoms with Gasteiger partial charge in [-0.1, -0.05) is 30.3 Å². The van der Waals surface area contributed by atoms with Gasteiger partial charge in [-0.25, -0.2) is 5.43 Å². The first-order valence-electron chi connectivity index (χ1n) is 8.21. The molecule has 1 N–H and O–H groups in total. The summed E-state index contributed by atoms with van der Waals surface area (Å²) in [6.07, 6.45) is 3.52. The molecule has 132 valence electrons. The molecule has 0 aliphatic rings. The van der Waals surface area contributed by atoms with Crippen molar-refractivity contribution in [1.82, 2.24) is 15.2 Å². The van der Waals surface area contributed by atoms with E-state index in [1.807, 2.05) is 53.3 Å². The van der Waals surface area contributed by atoms with Crippen molar-refractivity contribution < 1.29 is 9.53 Å². The summed E-state index contributed by atoms with van der Waals surface area (Å²) in [7, 11) is 1.63. The summed E-state index contributed by atoms with van der Waals surface area (Å²) in [5.74, 6) is 0.565. The van der Waals surface area contributed by atoms with Gasteiger partial charge in [0, 0.05) is 24.2 Å². The van der Waals surface area contributed by atoms with Crippen molar-refractivity contribution in [3.05, 3.63) is 71.9 Å². The Labute approximate surface area is 152 Å². The van der Waals surface area contributed by atoms with E-state index in [9.17, 15) is 4.79 Å². The van der Waals surface area contributed by atoms with E-state index < -0.39 is 0 Å². The molecule has 0 bridgehead atoms. The molecule has 6 nitrogen and oxygen atoms in total. The van der Waals surface area contributed by atoms with E-state index in [1.165, 1.54) is 6.92 Å². The Balaban J connectivity index is 1.93. The van der Waals surface area contributed by atoms with Crippen LogP contribution in [0.5, 0.6) is 5.75 Å². The van der Waals surface area contributed by atoms with Gasteiger partial charge in [0.2, 0.25) is 5.91 Å². The largest absolute Gasteiger partial charge is 0.497 e. The second-order valence-corrected chi connectivity index (χ2v) is 5.77. The number of ether oxygens (including phenoxy) is 1. The Morgan fingerprint density at radius 2 is 1.92 bits per heavy atom. The van der Waals surface area contributed by atoms with Crippen molar-refractivity contribution in [3.63, 3.8) is 0 Å². The number of hydrazone groups is 1. The molecule has 0 aliphatic heterocycles. The summed E-state index contributed by atoms with van der Waals surface area (Å²) >= 11 is 0. The van der Waals surface area contributed by atoms with E-state index in [1.54, 1.807) is 13.3 Å². The number of methoxy groups -OCH3 is 1. The third-order valence-corrected chi connectivity index (χ3v) is 3.77. The lowest BCUT2D eigenvalue weighted by Crippen LogP contribution is -2.12. The Hall–Kier alpha value is -3.41. The monoisotopic (exact) mass is 348 g/mol. The lowest BCUT2D eigenvalue weighted by molar-refractivity contribution is -0.118. The molecular weight excluding hydrogens is 328 g/mol. The molecule has 0 radical (unpaired) electrons. The lowest BCUT2D eigenvalue weighted by Gasteiger charge is -2.03. The molecule has 0 spiro atoms. The molecule has 26 heavy (non-hydrogen) atoms. The van der Waals surface area contributed by atoms with Gasteiger partial charge >= 0.3 is 0 Å². The van der Waals surface area contributed by atoms with E-state index in [2.05, 4.69) is 22.7 Å². The average molecular weight is 348 g/mol. The smallest absolute Gasteiger partial charge is 0.236 e. The molecule has 0 unspecified atom stereocenters. The maximum absolute atomic E-state index is 11.0. The summed E-state index contributed by atoms with van der Waals surface area (Å²) in [6, 6.07) is 17.8. The van der Waals surface area contributed by atoms with Crippen LogP contribution in [0.15, 0.2) is 65.9 Å². The highest BCUT2D eigenvalue weighted by molar-refractivity contribution is 5.89.